The highest BCUT2D eigenvalue weighted by molar-refractivity contribution is 7.99. The number of carbonyl (C=O) groups is 2. The Kier molecular flexibility index (Phi) is 6.25. The van der Waals surface area contributed by atoms with Gasteiger partial charge in [0.1, 0.15) is 5.82 Å². The van der Waals surface area contributed by atoms with Gasteiger partial charge in [-0.2, -0.15) is 0 Å². The normalized spacial score (nSPS) is 17.2. The van der Waals surface area contributed by atoms with Crippen molar-refractivity contribution in [1.29, 1.82) is 0 Å². The maximum absolute atomic E-state index is 13.6. The zero-order chi connectivity index (χ0) is 13.8. The van der Waals surface area contributed by atoms with Crippen LogP contribution < -0.4 is 16.0 Å². The lowest BCUT2D eigenvalue weighted by atomic mass is 10.2. The van der Waals surface area contributed by atoms with Crippen LogP contribution in [0.3, 0.4) is 0 Å². The summed E-state index contributed by atoms with van der Waals surface area (Å²) in [4.78, 5) is 22.8. The molecule has 1 heterocycles. The number of rotatable bonds is 3. The highest BCUT2D eigenvalue weighted by Gasteiger charge is 2.23. The van der Waals surface area contributed by atoms with Crippen LogP contribution in [0.5, 0.6) is 0 Å². The van der Waals surface area contributed by atoms with Gasteiger partial charge in [-0.05, 0) is 18.2 Å². The predicted octanol–water partition coefficient (Wildman–Crippen LogP) is 1.81. The van der Waals surface area contributed by atoms with Gasteiger partial charge in [-0.3, -0.25) is 14.9 Å². The van der Waals surface area contributed by atoms with Crippen LogP contribution in [0.2, 0.25) is 0 Å². The zero-order valence-corrected chi connectivity index (χ0v) is 12.4. The lowest BCUT2D eigenvalue weighted by molar-refractivity contribution is -0.117. The maximum Gasteiger partial charge on any atom is 0.242 e. The molecular weight excluding hydrogens is 305 g/mol. The van der Waals surface area contributed by atoms with Crippen molar-refractivity contribution >= 4 is 47.4 Å². The minimum Gasteiger partial charge on any atom is -0.326 e. The largest absolute Gasteiger partial charge is 0.326 e. The highest BCUT2D eigenvalue weighted by atomic mass is 35.5. The summed E-state index contributed by atoms with van der Waals surface area (Å²) in [6, 6.07) is 3.73. The molecule has 0 aliphatic carbocycles. The van der Waals surface area contributed by atoms with E-state index in [-0.39, 0.29) is 36.0 Å². The molecule has 1 saturated heterocycles. The van der Waals surface area contributed by atoms with Gasteiger partial charge in [0.15, 0.2) is 0 Å². The van der Waals surface area contributed by atoms with E-state index in [1.165, 1.54) is 25.1 Å². The van der Waals surface area contributed by atoms with E-state index in [1.807, 2.05) is 0 Å². The van der Waals surface area contributed by atoms with Gasteiger partial charge in [-0.25, -0.2) is 4.39 Å². The minimum atomic E-state index is -0.534. The summed E-state index contributed by atoms with van der Waals surface area (Å²) in [5.74, 6) is 0.320. The first-order valence-corrected chi connectivity index (χ1v) is 6.91. The second-order valence-corrected chi connectivity index (χ2v) is 5.17. The number of halogens is 2. The van der Waals surface area contributed by atoms with Gasteiger partial charge in [-0.1, -0.05) is 0 Å². The Balaban J connectivity index is 0.00000200. The average Bonchev–Trinajstić information content (AvgIpc) is 2.86. The third-order valence-corrected chi connectivity index (χ3v) is 3.52. The van der Waals surface area contributed by atoms with Crippen LogP contribution in [-0.4, -0.2) is 29.5 Å². The summed E-state index contributed by atoms with van der Waals surface area (Å²) < 4.78 is 13.6. The Bertz CT molecular complexity index is 509. The second kappa shape index (κ2) is 7.47. The molecule has 0 saturated carbocycles. The smallest absolute Gasteiger partial charge is 0.242 e. The van der Waals surface area contributed by atoms with Crippen molar-refractivity contribution in [2.24, 2.45) is 0 Å². The summed E-state index contributed by atoms with van der Waals surface area (Å²) in [6.45, 7) is 1.36. The third-order valence-electron chi connectivity index (χ3n) is 2.58. The fourth-order valence-corrected chi connectivity index (χ4v) is 2.63. The molecule has 0 radical (unpaired) electrons. The van der Waals surface area contributed by atoms with Crippen LogP contribution in [-0.2, 0) is 9.59 Å². The van der Waals surface area contributed by atoms with Crippen LogP contribution >= 0.6 is 24.2 Å². The van der Waals surface area contributed by atoms with Crippen LogP contribution in [0, 0.1) is 5.82 Å². The Labute approximate surface area is 126 Å². The number of nitrogens with one attached hydrogen (secondary N) is 3. The van der Waals surface area contributed by atoms with Crippen molar-refractivity contribution in [1.82, 2.24) is 5.32 Å². The Morgan fingerprint density at radius 2 is 2.15 bits per heavy atom. The molecule has 20 heavy (non-hydrogen) atoms. The summed E-state index contributed by atoms with van der Waals surface area (Å²) >= 11 is 1.61. The molecule has 110 valence electrons. The fraction of sp³-hybridized carbons (Fsp3) is 0.333. The third kappa shape index (κ3) is 4.36. The summed E-state index contributed by atoms with van der Waals surface area (Å²) in [6.07, 6.45) is 0. The minimum absolute atomic E-state index is 0. The number of carbonyl (C=O) groups excluding carboxylic acids is 2. The standard InChI is InChI=1S/C12H14FN3O2S.ClH/c1-7(17)15-8-2-3-9(13)10(4-8)16-12(18)11-5-19-6-14-11;/h2-4,11,14H,5-6H2,1H3,(H,15,17)(H,16,18);1H. The van der Waals surface area contributed by atoms with Crippen LogP contribution in [0.1, 0.15) is 6.92 Å². The van der Waals surface area contributed by atoms with Crippen molar-refractivity contribution in [3.05, 3.63) is 24.0 Å². The first kappa shape index (κ1) is 16.7. The number of amides is 2. The van der Waals surface area contributed by atoms with E-state index in [4.69, 9.17) is 0 Å². The van der Waals surface area contributed by atoms with E-state index < -0.39 is 5.82 Å². The van der Waals surface area contributed by atoms with Crippen molar-refractivity contribution in [3.8, 4) is 0 Å². The Morgan fingerprint density at radius 1 is 1.40 bits per heavy atom. The van der Waals surface area contributed by atoms with E-state index in [2.05, 4.69) is 16.0 Å². The van der Waals surface area contributed by atoms with E-state index >= 15 is 0 Å². The van der Waals surface area contributed by atoms with Crippen LogP contribution in [0.15, 0.2) is 18.2 Å². The van der Waals surface area contributed by atoms with Gasteiger partial charge in [0.2, 0.25) is 11.8 Å². The molecule has 3 N–H and O–H groups in total. The van der Waals surface area contributed by atoms with Crippen molar-refractivity contribution < 1.29 is 14.0 Å². The molecule has 2 rings (SSSR count). The molecule has 1 aromatic carbocycles. The predicted molar refractivity (Wildman–Crippen MR) is 80.8 cm³/mol. The first-order chi connectivity index (χ1) is 9.06. The van der Waals surface area contributed by atoms with Gasteiger partial charge in [0.05, 0.1) is 11.7 Å². The Morgan fingerprint density at radius 3 is 2.75 bits per heavy atom. The second-order valence-electron chi connectivity index (χ2n) is 4.14. The van der Waals surface area contributed by atoms with Crippen molar-refractivity contribution in [2.75, 3.05) is 22.3 Å². The van der Waals surface area contributed by atoms with Crippen LogP contribution in [0.25, 0.3) is 0 Å². The van der Waals surface area contributed by atoms with Crippen LogP contribution in [0.4, 0.5) is 15.8 Å². The molecule has 0 bridgehead atoms. The number of benzene rings is 1. The Hall–Kier alpha value is -1.31. The van der Waals surface area contributed by atoms with Gasteiger partial charge in [-0.15, -0.1) is 24.2 Å². The first-order valence-electron chi connectivity index (χ1n) is 5.75. The van der Waals surface area contributed by atoms with Gasteiger partial charge >= 0.3 is 0 Å². The van der Waals surface area contributed by atoms with Gasteiger partial charge < -0.3 is 10.6 Å². The molecule has 0 aromatic heterocycles. The quantitative estimate of drug-likeness (QED) is 0.794. The lowest BCUT2D eigenvalue weighted by Crippen LogP contribution is -2.37. The summed E-state index contributed by atoms with van der Waals surface area (Å²) in [5.41, 5.74) is 0.507. The molecule has 1 aromatic rings. The molecule has 1 aliphatic rings. The maximum atomic E-state index is 13.6. The van der Waals surface area contributed by atoms with E-state index in [9.17, 15) is 14.0 Å². The number of hydrogen-bond acceptors (Lipinski definition) is 4. The molecular formula is C12H15ClFN3O2S. The fourth-order valence-electron chi connectivity index (χ4n) is 1.69. The highest BCUT2D eigenvalue weighted by Crippen LogP contribution is 2.20. The molecule has 2 amide bonds. The monoisotopic (exact) mass is 319 g/mol. The topological polar surface area (TPSA) is 70.2 Å². The van der Waals surface area contributed by atoms with E-state index in [0.29, 0.717) is 17.3 Å². The molecule has 1 unspecified atom stereocenters. The summed E-state index contributed by atoms with van der Waals surface area (Å²) in [7, 11) is 0. The number of anilines is 2. The molecule has 1 aliphatic heterocycles. The molecule has 1 fully saturated rings. The summed E-state index contributed by atoms with van der Waals surface area (Å²) in [5, 5.41) is 8.06. The average molecular weight is 320 g/mol. The van der Waals surface area contributed by atoms with E-state index in [1.54, 1.807) is 11.8 Å². The lowest BCUT2D eigenvalue weighted by Gasteiger charge is -2.12. The molecule has 1 atom stereocenters. The van der Waals surface area contributed by atoms with Gasteiger partial charge in [0.25, 0.3) is 0 Å². The number of hydrogen-bond donors (Lipinski definition) is 3. The van der Waals surface area contributed by atoms with Crippen molar-refractivity contribution in [3.63, 3.8) is 0 Å². The zero-order valence-electron chi connectivity index (χ0n) is 10.7. The molecule has 8 heteroatoms. The van der Waals surface area contributed by atoms with Crippen molar-refractivity contribution in [2.45, 2.75) is 13.0 Å². The molecule has 0 spiro atoms. The number of thioether (sulfide) groups is 1. The molecule has 5 nitrogen and oxygen atoms in total. The SMILES string of the molecule is CC(=O)Nc1ccc(F)c(NC(=O)C2CSCN2)c1.Cl. The van der Waals surface area contributed by atoms with E-state index in [0.717, 1.165) is 0 Å². The van der Waals surface area contributed by atoms with Gasteiger partial charge in [0, 0.05) is 24.2 Å².